The van der Waals surface area contributed by atoms with Gasteiger partial charge in [0.2, 0.25) is 11.7 Å². The molecule has 0 bridgehead atoms. The number of benzene rings is 2. The summed E-state index contributed by atoms with van der Waals surface area (Å²) in [7, 11) is 0. The van der Waals surface area contributed by atoms with Gasteiger partial charge < -0.3 is 25.1 Å². The standard InChI is InChI=1S/C27H24ClN5O4/c28-23-13-18(20-14-31-26(32-15-20)27(35)33-7-9-36-10-8-33)11-19-12-22(37-25(19)23)16-30-24(34)6-3-17-1-4-21(29)5-2-17/h1-6,11-15H,7-10,16,29H2,(H,30,34)/b6-3+. The number of nitrogens with two attached hydrogens (primary N) is 1. The van der Waals surface area contributed by atoms with Gasteiger partial charge in [-0.3, -0.25) is 9.59 Å². The molecule has 3 N–H and O–H groups in total. The number of fused-ring (bicyclic) bond motifs is 1. The Labute approximate surface area is 217 Å². The van der Waals surface area contributed by atoms with E-state index >= 15 is 0 Å². The molecule has 0 unspecified atom stereocenters. The number of carbonyl (C=O) groups is 2. The number of nitrogens with zero attached hydrogens (tertiary/aromatic N) is 3. The van der Waals surface area contributed by atoms with Gasteiger partial charge in [-0.25, -0.2) is 9.97 Å². The molecule has 0 aliphatic carbocycles. The summed E-state index contributed by atoms with van der Waals surface area (Å²) in [6.45, 7) is 2.28. The number of morpholine rings is 1. The molecule has 1 saturated heterocycles. The molecule has 1 aliphatic rings. The molecule has 4 aromatic rings. The molecule has 188 valence electrons. The quantitative estimate of drug-likeness (QED) is 0.293. The van der Waals surface area contributed by atoms with Gasteiger partial charge in [-0.15, -0.1) is 0 Å². The number of halogens is 1. The molecular weight excluding hydrogens is 494 g/mol. The van der Waals surface area contributed by atoms with Gasteiger partial charge in [0.05, 0.1) is 24.8 Å². The number of ether oxygens (including phenoxy) is 1. The van der Waals surface area contributed by atoms with E-state index in [4.69, 9.17) is 26.5 Å². The van der Waals surface area contributed by atoms with Crippen molar-refractivity contribution in [2.75, 3.05) is 32.0 Å². The lowest BCUT2D eigenvalue weighted by Gasteiger charge is -2.25. The summed E-state index contributed by atoms with van der Waals surface area (Å²) in [4.78, 5) is 35.0. The molecule has 9 nitrogen and oxygen atoms in total. The average Bonchev–Trinajstić information content (AvgIpc) is 3.35. The van der Waals surface area contributed by atoms with Gasteiger partial charge in [0.1, 0.15) is 5.76 Å². The molecule has 5 rings (SSSR count). The normalized spacial score (nSPS) is 13.8. The van der Waals surface area contributed by atoms with Crippen LogP contribution in [-0.4, -0.2) is 53.0 Å². The van der Waals surface area contributed by atoms with Crippen LogP contribution in [0.1, 0.15) is 21.9 Å². The fourth-order valence-corrected chi connectivity index (χ4v) is 4.19. The highest BCUT2D eigenvalue weighted by atomic mass is 35.5. The fraction of sp³-hybridized carbons (Fsp3) is 0.185. The molecule has 0 spiro atoms. The second-order valence-corrected chi connectivity index (χ2v) is 8.91. The minimum absolute atomic E-state index is 0.143. The van der Waals surface area contributed by atoms with E-state index in [1.807, 2.05) is 24.3 Å². The zero-order chi connectivity index (χ0) is 25.8. The zero-order valence-electron chi connectivity index (χ0n) is 19.8. The highest BCUT2D eigenvalue weighted by Crippen LogP contribution is 2.32. The summed E-state index contributed by atoms with van der Waals surface area (Å²) in [6, 6.07) is 12.7. The SMILES string of the molecule is Nc1ccc(/C=C/C(=O)NCc2cc3cc(-c4cnc(C(=O)N5CCOCC5)nc4)cc(Cl)c3o2)cc1. The van der Waals surface area contributed by atoms with Gasteiger partial charge in [0, 0.05) is 48.2 Å². The lowest BCUT2D eigenvalue weighted by atomic mass is 10.1. The van der Waals surface area contributed by atoms with Crippen molar-refractivity contribution in [1.29, 1.82) is 0 Å². The van der Waals surface area contributed by atoms with E-state index in [9.17, 15) is 9.59 Å². The Morgan fingerprint density at radius 2 is 1.78 bits per heavy atom. The first kappa shape index (κ1) is 24.5. The van der Waals surface area contributed by atoms with Crippen molar-refractivity contribution in [3.05, 3.63) is 83.1 Å². The van der Waals surface area contributed by atoms with Crippen molar-refractivity contribution in [2.24, 2.45) is 0 Å². The van der Waals surface area contributed by atoms with E-state index in [-0.39, 0.29) is 24.2 Å². The third-order valence-corrected chi connectivity index (χ3v) is 6.18. The van der Waals surface area contributed by atoms with E-state index in [1.165, 1.54) is 6.08 Å². The number of furan rings is 1. The summed E-state index contributed by atoms with van der Waals surface area (Å²) in [5.74, 6) is 0.233. The number of nitrogens with one attached hydrogen (secondary N) is 1. The molecule has 2 aromatic heterocycles. The maximum absolute atomic E-state index is 12.6. The molecule has 0 radical (unpaired) electrons. The average molecular weight is 518 g/mol. The maximum Gasteiger partial charge on any atom is 0.291 e. The van der Waals surface area contributed by atoms with Crippen molar-refractivity contribution < 1.29 is 18.7 Å². The first-order chi connectivity index (χ1) is 18.0. The Morgan fingerprint density at radius 3 is 2.51 bits per heavy atom. The summed E-state index contributed by atoms with van der Waals surface area (Å²) < 4.78 is 11.1. The van der Waals surface area contributed by atoms with Crippen molar-refractivity contribution in [3.63, 3.8) is 0 Å². The van der Waals surface area contributed by atoms with Crippen LogP contribution in [0.25, 0.3) is 28.2 Å². The van der Waals surface area contributed by atoms with Crippen LogP contribution in [0.3, 0.4) is 0 Å². The number of nitrogen functional groups attached to an aromatic ring is 1. The first-order valence-corrected chi connectivity index (χ1v) is 12.1. The number of aromatic nitrogens is 2. The van der Waals surface area contributed by atoms with Gasteiger partial charge in [0.15, 0.2) is 5.58 Å². The van der Waals surface area contributed by atoms with E-state index < -0.39 is 0 Å². The smallest absolute Gasteiger partial charge is 0.291 e. The zero-order valence-corrected chi connectivity index (χ0v) is 20.6. The largest absolute Gasteiger partial charge is 0.458 e. The second-order valence-electron chi connectivity index (χ2n) is 8.51. The predicted octanol–water partition coefficient (Wildman–Crippen LogP) is 3.93. The summed E-state index contributed by atoms with van der Waals surface area (Å²) in [6.07, 6.45) is 6.37. The molecule has 37 heavy (non-hydrogen) atoms. The predicted molar refractivity (Wildman–Crippen MR) is 141 cm³/mol. The van der Waals surface area contributed by atoms with Crippen LogP contribution >= 0.6 is 11.6 Å². The third kappa shape index (κ3) is 5.79. The minimum Gasteiger partial charge on any atom is -0.458 e. The van der Waals surface area contributed by atoms with E-state index in [1.54, 1.807) is 41.6 Å². The maximum atomic E-state index is 12.6. The van der Waals surface area contributed by atoms with Crippen LogP contribution in [-0.2, 0) is 16.1 Å². The number of carbonyl (C=O) groups excluding carboxylic acids is 2. The van der Waals surface area contributed by atoms with Crippen LogP contribution in [0.4, 0.5) is 5.69 Å². The van der Waals surface area contributed by atoms with Crippen molar-refractivity contribution in [3.8, 4) is 11.1 Å². The number of rotatable bonds is 6. The van der Waals surface area contributed by atoms with Gasteiger partial charge in [0.25, 0.3) is 5.91 Å². The topological polar surface area (TPSA) is 124 Å². The van der Waals surface area contributed by atoms with E-state index in [2.05, 4.69) is 15.3 Å². The molecule has 1 fully saturated rings. The van der Waals surface area contributed by atoms with Gasteiger partial charge in [-0.1, -0.05) is 23.7 Å². The Hall–Kier alpha value is -4.21. The van der Waals surface area contributed by atoms with E-state index in [0.29, 0.717) is 53.9 Å². The number of amides is 2. The molecule has 2 aromatic carbocycles. The molecule has 1 aliphatic heterocycles. The van der Waals surface area contributed by atoms with Crippen molar-refractivity contribution in [2.45, 2.75) is 6.54 Å². The Morgan fingerprint density at radius 1 is 1.05 bits per heavy atom. The van der Waals surface area contributed by atoms with Gasteiger partial charge in [-0.2, -0.15) is 0 Å². The lowest BCUT2D eigenvalue weighted by Crippen LogP contribution is -2.41. The Kier molecular flexibility index (Phi) is 7.16. The molecule has 0 saturated carbocycles. The second kappa shape index (κ2) is 10.8. The summed E-state index contributed by atoms with van der Waals surface area (Å²) in [5.41, 5.74) is 9.23. The molecule has 2 amide bonds. The van der Waals surface area contributed by atoms with E-state index in [0.717, 1.165) is 16.5 Å². The Bertz CT molecular complexity index is 1460. The molecular formula is C27H24ClN5O4. The Balaban J connectivity index is 1.26. The monoisotopic (exact) mass is 517 g/mol. The number of hydrogen-bond acceptors (Lipinski definition) is 7. The minimum atomic E-state index is -0.257. The fourth-order valence-electron chi connectivity index (χ4n) is 3.92. The highest BCUT2D eigenvalue weighted by molar-refractivity contribution is 6.35. The highest BCUT2D eigenvalue weighted by Gasteiger charge is 2.21. The molecule has 10 heteroatoms. The number of hydrogen-bond donors (Lipinski definition) is 2. The lowest BCUT2D eigenvalue weighted by molar-refractivity contribution is -0.116. The van der Waals surface area contributed by atoms with Crippen LogP contribution in [0, 0.1) is 0 Å². The van der Waals surface area contributed by atoms with Crippen LogP contribution in [0.15, 0.2) is 65.4 Å². The van der Waals surface area contributed by atoms with Crippen LogP contribution in [0.5, 0.6) is 0 Å². The van der Waals surface area contributed by atoms with Gasteiger partial charge >= 0.3 is 0 Å². The number of anilines is 1. The summed E-state index contributed by atoms with van der Waals surface area (Å²) in [5, 5.41) is 3.99. The van der Waals surface area contributed by atoms with Crippen LogP contribution in [0.2, 0.25) is 5.02 Å². The third-order valence-electron chi connectivity index (χ3n) is 5.90. The first-order valence-electron chi connectivity index (χ1n) is 11.7. The van der Waals surface area contributed by atoms with Gasteiger partial charge in [-0.05, 0) is 47.5 Å². The molecule has 3 heterocycles. The van der Waals surface area contributed by atoms with Crippen molar-refractivity contribution >= 4 is 46.1 Å². The molecule has 0 atom stereocenters. The summed E-state index contributed by atoms with van der Waals surface area (Å²) >= 11 is 6.49. The van der Waals surface area contributed by atoms with Crippen LogP contribution < -0.4 is 11.1 Å². The van der Waals surface area contributed by atoms with Crippen molar-refractivity contribution in [1.82, 2.24) is 20.2 Å².